The van der Waals surface area contributed by atoms with Gasteiger partial charge in [-0.25, -0.2) is 27.0 Å². The predicted molar refractivity (Wildman–Crippen MR) is 108 cm³/mol. The number of carbonyl (C=O) groups is 1. The molecule has 0 aliphatic carbocycles. The number of carbonyl (C=O) groups excluding carboxylic acids is 1. The Labute approximate surface area is 175 Å². The molecule has 1 heterocycles. The van der Waals surface area contributed by atoms with Crippen LogP contribution in [0, 0.1) is 0 Å². The molecule has 1 aliphatic rings. The third-order valence-corrected chi connectivity index (χ3v) is 8.12. The summed E-state index contributed by atoms with van der Waals surface area (Å²) >= 11 is 0. The van der Waals surface area contributed by atoms with Crippen LogP contribution in [0.5, 0.6) is 11.5 Å². The Morgan fingerprint density at radius 3 is 2.13 bits per heavy atom. The Morgan fingerprint density at radius 1 is 1.00 bits per heavy atom. The first kappa shape index (κ1) is 22.2. The van der Waals surface area contributed by atoms with E-state index in [-0.39, 0.29) is 35.7 Å². The Kier molecular flexibility index (Phi) is 6.46. The molecule has 0 bridgehead atoms. The maximum absolute atomic E-state index is 12.9. The molecule has 0 atom stereocenters. The van der Waals surface area contributed by atoms with Crippen molar-refractivity contribution in [2.75, 3.05) is 11.5 Å². The van der Waals surface area contributed by atoms with Gasteiger partial charge in [0, 0.05) is 12.0 Å². The summed E-state index contributed by atoms with van der Waals surface area (Å²) in [5.41, 5.74) is 0.165. The fourth-order valence-electron chi connectivity index (χ4n) is 3.25. The predicted octanol–water partition coefficient (Wildman–Crippen LogP) is 1.60. The van der Waals surface area contributed by atoms with E-state index in [0.717, 1.165) is 0 Å². The average Bonchev–Trinajstić information content (AvgIpc) is 2.71. The van der Waals surface area contributed by atoms with Gasteiger partial charge in [0.2, 0.25) is 15.9 Å². The van der Waals surface area contributed by atoms with Crippen LogP contribution >= 0.6 is 0 Å². The van der Waals surface area contributed by atoms with Crippen LogP contribution in [0.25, 0.3) is 0 Å². The van der Waals surface area contributed by atoms with Crippen molar-refractivity contribution in [2.24, 2.45) is 0 Å². The van der Waals surface area contributed by atoms with Crippen LogP contribution in [0.4, 0.5) is 0 Å². The van der Waals surface area contributed by atoms with E-state index >= 15 is 0 Å². The summed E-state index contributed by atoms with van der Waals surface area (Å²) in [5, 5.41) is 8.84. The molecular weight excluding hydrogens is 432 g/mol. The first-order valence-corrected chi connectivity index (χ1v) is 12.4. The van der Waals surface area contributed by atoms with Gasteiger partial charge in [0.1, 0.15) is 21.3 Å². The minimum absolute atomic E-state index is 0.0554. The molecule has 9 nitrogen and oxygen atoms in total. The summed E-state index contributed by atoms with van der Waals surface area (Å²) in [7, 11) is -7.36. The standard InChI is InChI=1S/C19H22N2O7S2/c22-18(20-23)14-19(10-12-29(24,25)13-11-19)21-30(26,27)17-8-6-16(7-9-17)28-15-4-2-1-3-5-15/h1-9,21,23H,10-14H2,(H,20,22). The molecule has 1 aliphatic heterocycles. The van der Waals surface area contributed by atoms with E-state index in [1.807, 2.05) is 18.2 Å². The summed E-state index contributed by atoms with van der Waals surface area (Å²) in [5.74, 6) is -0.263. The van der Waals surface area contributed by atoms with Gasteiger partial charge in [-0.1, -0.05) is 18.2 Å². The van der Waals surface area contributed by atoms with E-state index in [2.05, 4.69) is 4.72 Å². The van der Waals surface area contributed by atoms with Crippen molar-refractivity contribution in [3.63, 3.8) is 0 Å². The van der Waals surface area contributed by atoms with E-state index in [1.165, 1.54) is 29.7 Å². The number of rotatable bonds is 7. The molecule has 30 heavy (non-hydrogen) atoms. The van der Waals surface area contributed by atoms with Gasteiger partial charge in [0.25, 0.3) is 0 Å². The third-order valence-electron chi connectivity index (χ3n) is 4.87. The van der Waals surface area contributed by atoms with Gasteiger partial charge in [0.05, 0.1) is 16.4 Å². The molecule has 0 saturated carbocycles. The summed E-state index contributed by atoms with van der Waals surface area (Å²) in [4.78, 5) is 11.7. The second-order valence-corrected chi connectivity index (χ2v) is 11.1. The molecule has 1 saturated heterocycles. The van der Waals surface area contributed by atoms with E-state index in [0.29, 0.717) is 11.5 Å². The highest BCUT2D eigenvalue weighted by atomic mass is 32.2. The number of hydrogen-bond donors (Lipinski definition) is 3. The lowest BCUT2D eigenvalue weighted by atomic mass is 9.89. The molecule has 3 N–H and O–H groups in total. The van der Waals surface area contributed by atoms with E-state index in [4.69, 9.17) is 9.94 Å². The fourth-order valence-corrected chi connectivity index (χ4v) is 6.31. The van der Waals surface area contributed by atoms with Crippen molar-refractivity contribution in [1.29, 1.82) is 0 Å². The summed E-state index contributed by atoms with van der Waals surface area (Å²) < 4.78 is 57.5. The zero-order chi connectivity index (χ0) is 21.8. The largest absolute Gasteiger partial charge is 0.457 e. The molecule has 0 spiro atoms. The van der Waals surface area contributed by atoms with Crippen LogP contribution in [0.1, 0.15) is 19.3 Å². The first-order chi connectivity index (χ1) is 14.1. The quantitative estimate of drug-likeness (QED) is 0.426. The normalized spacial score (nSPS) is 17.8. The van der Waals surface area contributed by atoms with Gasteiger partial charge in [-0.2, -0.15) is 0 Å². The Bertz CT molecular complexity index is 1090. The maximum atomic E-state index is 12.9. The highest BCUT2D eigenvalue weighted by molar-refractivity contribution is 7.91. The van der Waals surface area contributed by atoms with Crippen LogP contribution in [-0.4, -0.2) is 45.0 Å². The Balaban J connectivity index is 1.79. The van der Waals surface area contributed by atoms with Crippen molar-refractivity contribution < 1.29 is 31.6 Å². The lowest BCUT2D eigenvalue weighted by Gasteiger charge is -2.36. The third kappa shape index (κ3) is 5.57. The van der Waals surface area contributed by atoms with Crippen molar-refractivity contribution in [3.05, 3.63) is 54.6 Å². The molecule has 0 aromatic heterocycles. The molecule has 11 heteroatoms. The van der Waals surface area contributed by atoms with Gasteiger partial charge in [-0.05, 0) is 49.2 Å². The molecule has 1 amide bonds. The number of hydrogen-bond acceptors (Lipinski definition) is 7. The minimum Gasteiger partial charge on any atom is -0.457 e. The van der Waals surface area contributed by atoms with Gasteiger partial charge >= 0.3 is 0 Å². The number of para-hydroxylation sites is 1. The van der Waals surface area contributed by atoms with Gasteiger partial charge < -0.3 is 4.74 Å². The highest BCUT2D eigenvalue weighted by Gasteiger charge is 2.42. The molecule has 1 fully saturated rings. The number of amides is 1. The summed E-state index contributed by atoms with van der Waals surface area (Å²) in [6, 6.07) is 14.7. The molecule has 0 unspecified atom stereocenters. The smallest absolute Gasteiger partial charge is 0.245 e. The number of benzene rings is 2. The van der Waals surface area contributed by atoms with Gasteiger partial charge in [-0.3, -0.25) is 10.0 Å². The number of ether oxygens (including phenoxy) is 1. The van der Waals surface area contributed by atoms with Gasteiger partial charge in [-0.15, -0.1) is 0 Å². The van der Waals surface area contributed by atoms with Crippen LogP contribution in [0.2, 0.25) is 0 Å². The average molecular weight is 455 g/mol. The number of hydroxylamine groups is 1. The van der Waals surface area contributed by atoms with E-state index < -0.39 is 31.3 Å². The molecule has 0 radical (unpaired) electrons. The van der Waals surface area contributed by atoms with Crippen LogP contribution in [0.3, 0.4) is 0 Å². The second-order valence-electron chi connectivity index (χ2n) is 7.14. The molecule has 2 aromatic rings. The monoisotopic (exact) mass is 454 g/mol. The topological polar surface area (TPSA) is 139 Å². The number of sulfone groups is 1. The van der Waals surface area contributed by atoms with Crippen molar-refractivity contribution in [3.8, 4) is 11.5 Å². The van der Waals surface area contributed by atoms with Gasteiger partial charge in [0.15, 0.2) is 0 Å². The Morgan fingerprint density at radius 2 is 1.57 bits per heavy atom. The lowest BCUT2D eigenvalue weighted by molar-refractivity contribution is -0.130. The number of nitrogens with one attached hydrogen (secondary N) is 2. The van der Waals surface area contributed by atoms with E-state index in [9.17, 15) is 21.6 Å². The maximum Gasteiger partial charge on any atom is 0.245 e. The van der Waals surface area contributed by atoms with Crippen molar-refractivity contribution >= 4 is 25.8 Å². The summed E-state index contributed by atoms with van der Waals surface area (Å²) in [6.07, 6.45) is -0.526. The zero-order valence-electron chi connectivity index (χ0n) is 15.9. The van der Waals surface area contributed by atoms with E-state index in [1.54, 1.807) is 12.1 Å². The fraction of sp³-hybridized carbons (Fsp3) is 0.316. The number of sulfonamides is 1. The minimum atomic E-state index is -4.06. The van der Waals surface area contributed by atoms with Crippen LogP contribution in [0.15, 0.2) is 59.5 Å². The van der Waals surface area contributed by atoms with Crippen LogP contribution < -0.4 is 14.9 Å². The lowest BCUT2D eigenvalue weighted by Crippen LogP contribution is -2.55. The molecule has 162 valence electrons. The summed E-state index contributed by atoms with van der Waals surface area (Å²) in [6.45, 7) is 0. The Hall–Kier alpha value is -2.47. The first-order valence-electron chi connectivity index (χ1n) is 9.13. The second kappa shape index (κ2) is 8.72. The van der Waals surface area contributed by atoms with Crippen molar-refractivity contribution in [1.82, 2.24) is 10.2 Å². The molecule has 3 rings (SSSR count). The SMILES string of the molecule is O=C(CC1(NS(=O)(=O)c2ccc(Oc3ccccc3)cc2)CCS(=O)(=O)CC1)NO. The molecular formula is C19H22N2O7S2. The van der Waals surface area contributed by atoms with Crippen molar-refractivity contribution in [2.45, 2.75) is 29.7 Å². The van der Waals surface area contributed by atoms with Crippen LogP contribution in [-0.2, 0) is 24.7 Å². The zero-order valence-corrected chi connectivity index (χ0v) is 17.6. The highest BCUT2D eigenvalue weighted by Crippen LogP contribution is 2.30. The molecule has 2 aromatic carbocycles.